The van der Waals surface area contributed by atoms with E-state index < -0.39 is 0 Å². The molecule has 2 heterocycles. The first-order valence-corrected chi connectivity index (χ1v) is 6.30. The molecule has 0 spiro atoms. The second kappa shape index (κ2) is 4.33. The molecule has 2 rings (SSSR count). The number of anilines is 1. The van der Waals surface area contributed by atoms with Crippen molar-refractivity contribution in [2.24, 2.45) is 0 Å². The zero-order valence-corrected chi connectivity index (χ0v) is 11.2. The fourth-order valence-corrected chi connectivity index (χ4v) is 2.32. The topological polar surface area (TPSA) is 38.1 Å². The minimum atomic E-state index is -0.227. The molecule has 0 radical (unpaired) electrons. The minimum Gasteiger partial charge on any atom is -0.350 e. The van der Waals surface area contributed by atoms with Crippen LogP contribution in [0.2, 0.25) is 0 Å². The van der Waals surface area contributed by atoms with Gasteiger partial charge in [-0.15, -0.1) is 11.6 Å². The highest BCUT2D eigenvalue weighted by atomic mass is 35.5. The molecule has 0 aliphatic carbocycles. The van der Waals surface area contributed by atoms with Gasteiger partial charge in [-0.1, -0.05) is 0 Å². The Morgan fingerprint density at radius 1 is 1.47 bits per heavy atom. The molecule has 4 nitrogen and oxygen atoms in total. The smallest absolute Gasteiger partial charge is 0.293 e. The van der Waals surface area contributed by atoms with Crippen molar-refractivity contribution in [2.75, 3.05) is 18.0 Å². The standard InChI is InChI=1S/C12H18ClN3O/c1-12(2,3)16-7-5-14-10(11(16)17)15-6-4-9(13)8-15/h5,7,9H,4,6,8H2,1-3H3. The normalized spacial score (nSPS) is 20.9. The monoisotopic (exact) mass is 255 g/mol. The molecule has 1 fully saturated rings. The zero-order chi connectivity index (χ0) is 12.6. The van der Waals surface area contributed by atoms with E-state index in [1.165, 1.54) is 0 Å². The lowest BCUT2D eigenvalue weighted by Gasteiger charge is -2.24. The van der Waals surface area contributed by atoms with Gasteiger partial charge in [0.25, 0.3) is 5.56 Å². The molecule has 1 aliphatic rings. The Hall–Kier alpha value is -1.03. The van der Waals surface area contributed by atoms with Gasteiger partial charge >= 0.3 is 0 Å². The average molecular weight is 256 g/mol. The predicted molar refractivity (Wildman–Crippen MR) is 70.0 cm³/mol. The Balaban J connectivity index is 2.40. The quantitative estimate of drug-likeness (QED) is 0.719. The van der Waals surface area contributed by atoms with Gasteiger partial charge in [-0.2, -0.15) is 0 Å². The first-order chi connectivity index (χ1) is 7.89. The van der Waals surface area contributed by atoms with Crippen molar-refractivity contribution in [3.8, 4) is 0 Å². The second-order valence-corrected chi connectivity index (χ2v) is 6.05. The summed E-state index contributed by atoms with van der Waals surface area (Å²) in [4.78, 5) is 18.5. The van der Waals surface area contributed by atoms with Gasteiger partial charge in [0.2, 0.25) is 0 Å². The van der Waals surface area contributed by atoms with E-state index in [1.54, 1.807) is 17.0 Å². The summed E-state index contributed by atoms with van der Waals surface area (Å²) >= 11 is 6.06. The maximum Gasteiger partial charge on any atom is 0.293 e. The molecule has 1 saturated heterocycles. The van der Waals surface area contributed by atoms with Crippen molar-refractivity contribution in [1.82, 2.24) is 9.55 Å². The summed E-state index contributed by atoms with van der Waals surface area (Å²) in [5, 5.41) is 0.125. The Morgan fingerprint density at radius 2 is 2.18 bits per heavy atom. The summed E-state index contributed by atoms with van der Waals surface area (Å²) in [6, 6.07) is 0. The number of halogens is 1. The van der Waals surface area contributed by atoms with Crippen LogP contribution in [-0.2, 0) is 5.54 Å². The van der Waals surface area contributed by atoms with E-state index in [4.69, 9.17) is 11.6 Å². The fourth-order valence-electron chi connectivity index (χ4n) is 2.06. The van der Waals surface area contributed by atoms with Crippen LogP contribution in [0.4, 0.5) is 5.82 Å². The highest BCUT2D eigenvalue weighted by molar-refractivity contribution is 6.21. The molecule has 1 unspecified atom stereocenters. The number of hydrogen-bond acceptors (Lipinski definition) is 3. The van der Waals surface area contributed by atoms with Crippen LogP contribution in [0.25, 0.3) is 0 Å². The fraction of sp³-hybridized carbons (Fsp3) is 0.667. The molecule has 0 bridgehead atoms. The second-order valence-electron chi connectivity index (χ2n) is 5.43. The number of nitrogens with zero attached hydrogens (tertiary/aromatic N) is 3. The molecule has 0 aromatic carbocycles. The van der Waals surface area contributed by atoms with E-state index in [0.29, 0.717) is 12.4 Å². The molecule has 0 N–H and O–H groups in total. The van der Waals surface area contributed by atoms with E-state index in [-0.39, 0.29) is 16.5 Å². The van der Waals surface area contributed by atoms with Crippen molar-refractivity contribution in [3.05, 3.63) is 22.7 Å². The van der Waals surface area contributed by atoms with E-state index in [2.05, 4.69) is 4.98 Å². The van der Waals surface area contributed by atoms with Crippen molar-refractivity contribution < 1.29 is 0 Å². The first-order valence-electron chi connectivity index (χ1n) is 5.87. The summed E-state index contributed by atoms with van der Waals surface area (Å²) in [6.07, 6.45) is 4.33. The maximum absolute atomic E-state index is 12.3. The molecule has 1 aromatic rings. The van der Waals surface area contributed by atoms with E-state index in [0.717, 1.165) is 13.0 Å². The van der Waals surface area contributed by atoms with Gasteiger partial charge < -0.3 is 9.47 Å². The van der Waals surface area contributed by atoms with Gasteiger partial charge in [-0.3, -0.25) is 4.79 Å². The van der Waals surface area contributed by atoms with Crippen LogP contribution in [0.5, 0.6) is 0 Å². The van der Waals surface area contributed by atoms with Crippen LogP contribution in [0.15, 0.2) is 17.2 Å². The van der Waals surface area contributed by atoms with Gasteiger partial charge in [0, 0.05) is 31.0 Å². The lowest BCUT2D eigenvalue weighted by atomic mass is 10.1. The third-order valence-corrected chi connectivity index (χ3v) is 3.33. The largest absolute Gasteiger partial charge is 0.350 e. The van der Waals surface area contributed by atoms with Gasteiger partial charge in [-0.05, 0) is 27.2 Å². The van der Waals surface area contributed by atoms with Crippen molar-refractivity contribution in [3.63, 3.8) is 0 Å². The number of hydrogen-bond donors (Lipinski definition) is 0. The molecule has 17 heavy (non-hydrogen) atoms. The summed E-state index contributed by atoms with van der Waals surface area (Å²) in [7, 11) is 0. The van der Waals surface area contributed by atoms with Crippen LogP contribution in [0, 0.1) is 0 Å². The Kier molecular flexibility index (Phi) is 3.17. The van der Waals surface area contributed by atoms with Gasteiger partial charge in [0.15, 0.2) is 5.82 Å². The SMILES string of the molecule is CC(C)(C)n1ccnc(N2CCC(Cl)C2)c1=O. The predicted octanol–water partition coefficient (Wildman–Crippen LogP) is 1.82. The molecular formula is C12H18ClN3O. The van der Waals surface area contributed by atoms with Gasteiger partial charge in [0.05, 0.1) is 5.38 Å². The third-order valence-electron chi connectivity index (χ3n) is 2.98. The third kappa shape index (κ3) is 2.46. The Morgan fingerprint density at radius 3 is 2.71 bits per heavy atom. The van der Waals surface area contributed by atoms with Crippen molar-refractivity contribution >= 4 is 17.4 Å². The number of alkyl halides is 1. The highest BCUT2D eigenvalue weighted by Gasteiger charge is 2.25. The lowest BCUT2D eigenvalue weighted by molar-refractivity contribution is 0.382. The van der Waals surface area contributed by atoms with Gasteiger partial charge in [-0.25, -0.2) is 4.98 Å². The summed E-state index contributed by atoms with van der Waals surface area (Å²) in [5.74, 6) is 0.519. The maximum atomic E-state index is 12.3. The van der Waals surface area contributed by atoms with E-state index in [1.807, 2.05) is 25.7 Å². The van der Waals surface area contributed by atoms with Crippen LogP contribution in [-0.4, -0.2) is 28.0 Å². The van der Waals surface area contributed by atoms with Crippen LogP contribution < -0.4 is 10.5 Å². The Bertz CT molecular complexity index is 464. The molecule has 1 aromatic heterocycles. The van der Waals surface area contributed by atoms with Crippen LogP contribution in [0.3, 0.4) is 0 Å². The van der Waals surface area contributed by atoms with Crippen molar-refractivity contribution in [1.29, 1.82) is 0 Å². The molecule has 1 atom stereocenters. The number of rotatable bonds is 1. The summed E-state index contributed by atoms with van der Waals surface area (Å²) in [5.41, 5.74) is -0.264. The number of aromatic nitrogens is 2. The average Bonchev–Trinajstić information content (AvgIpc) is 2.63. The van der Waals surface area contributed by atoms with E-state index in [9.17, 15) is 4.79 Å². The molecule has 0 amide bonds. The molecule has 1 aliphatic heterocycles. The highest BCUT2D eigenvalue weighted by Crippen LogP contribution is 2.19. The first kappa shape index (κ1) is 12.4. The summed E-state index contributed by atoms with van der Waals surface area (Å²) < 4.78 is 1.72. The minimum absolute atomic E-state index is 0.0363. The van der Waals surface area contributed by atoms with Crippen molar-refractivity contribution in [2.45, 2.75) is 38.1 Å². The zero-order valence-electron chi connectivity index (χ0n) is 10.5. The van der Waals surface area contributed by atoms with Gasteiger partial charge in [0.1, 0.15) is 0 Å². The van der Waals surface area contributed by atoms with Crippen LogP contribution in [0.1, 0.15) is 27.2 Å². The molecule has 94 valence electrons. The summed E-state index contributed by atoms with van der Waals surface area (Å²) in [6.45, 7) is 7.54. The molecular weight excluding hydrogens is 238 g/mol. The lowest BCUT2D eigenvalue weighted by Crippen LogP contribution is -2.38. The Labute approximate surface area is 106 Å². The molecule has 0 saturated carbocycles. The molecule has 5 heteroatoms. The van der Waals surface area contributed by atoms with Crippen LogP contribution >= 0.6 is 11.6 Å². The van der Waals surface area contributed by atoms with E-state index >= 15 is 0 Å².